The number of carboxylic acids is 1. The molecular formula is C9H8BrFO2. The van der Waals surface area contributed by atoms with Crippen molar-refractivity contribution in [2.75, 3.05) is 0 Å². The van der Waals surface area contributed by atoms with E-state index in [1.54, 1.807) is 6.07 Å². The number of alkyl halides is 1. The van der Waals surface area contributed by atoms with Gasteiger partial charge in [-0.25, -0.2) is 4.39 Å². The minimum Gasteiger partial charge on any atom is -0.481 e. The topological polar surface area (TPSA) is 37.3 Å². The van der Waals surface area contributed by atoms with Gasteiger partial charge in [0.15, 0.2) is 0 Å². The molecule has 0 radical (unpaired) electrons. The van der Waals surface area contributed by atoms with E-state index in [1.807, 2.05) is 0 Å². The van der Waals surface area contributed by atoms with Gasteiger partial charge in [0.25, 0.3) is 0 Å². The van der Waals surface area contributed by atoms with Gasteiger partial charge in [-0.2, -0.15) is 0 Å². The van der Waals surface area contributed by atoms with Crippen LogP contribution in [0.15, 0.2) is 18.2 Å². The lowest BCUT2D eigenvalue weighted by atomic mass is 10.1. The third-order valence-electron chi connectivity index (χ3n) is 1.61. The van der Waals surface area contributed by atoms with Crippen LogP contribution in [-0.4, -0.2) is 11.1 Å². The van der Waals surface area contributed by atoms with Crippen LogP contribution in [0.2, 0.25) is 0 Å². The van der Waals surface area contributed by atoms with Crippen molar-refractivity contribution in [1.29, 1.82) is 0 Å². The van der Waals surface area contributed by atoms with Crippen molar-refractivity contribution in [1.82, 2.24) is 0 Å². The lowest BCUT2D eigenvalue weighted by Crippen LogP contribution is -2.01. The quantitative estimate of drug-likeness (QED) is 0.832. The van der Waals surface area contributed by atoms with E-state index in [9.17, 15) is 9.18 Å². The molecule has 0 unspecified atom stereocenters. The monoisotopic (exact) mass is 246 g/mol. The maximum absolute atomic E-state index is 12.9. The van der Waals surface area contributed by atoms with Crippen LogP contribution in [0, 0.1) is 5.82 Å². The summed E-state index contributed by atoms with van der Waals surface area (Å²) >= 11 is 3.12. The Balaban J connectivity index is 2.92. The second-order valence-corrected chi connectivity index (χ2v) is 3.19. The molecule has 0 aromatic heterocycles. The minimum atomic E-state index is -0.910. The Bertz CT molecular complexity index is 325. The molecule has 2 nitrogen and oxygen atoms in total. The highest BCUT2D eigenvalue weighted by atomic mass is 79.9. The molecule has 70 valence electrons. The summed E-state index contributed by atoms with van der Waals surface area (Å²) < 4.78 is 12.9. The molecule has 0 saturated heterocycles. The Labute approximate surface area is 83.5 Å². The zero-order valence-electron chi connectivity index (χ0n) is 6.76. The number of carboxylic acid groups (broad SMARTS) is 1. The van der Waals surface area contributed by atoms with Crippen LogP contribution in [0.25, 0.3) is 0 Å². The van der Waals surface area contributed by atoms with E-state index in [0.29, 0.717) is 16.5 Å². The predicted octanol–water partition coefficient (Wildman–Crippen LogP) is 2.35. The van der Waals surface area contributed by atoms with Gasteiger partial charge in [-0.15, -0.1) is 0 Å². The second-order valence-electron chi connectivity index (χ2n) is 2.63. The number of aliphatic carboxylic acids is 1. The summed E-state index contributed by atoms with van der Waals surface area (Å²) in [6, 6.07) is 4.32. The van der Waals surface area contributed by atoms with Crippen LogP contribution >= 0.6 is 15.9 Å². The number of carbonyl (C=O) groups is 1. The van der Waals surface area contributed by atoms with Crippen LogP contribution in [0.3, 0.4) is 0 Å². The zero-order chi connectivity index (χ0) is 9.84. The summed E-state index contributed by atoms with van der Waals surface area (Å²) in [6.45, 7) is 0. The molecule has 0 aliphatic heterocycles. The van der Waals surface area contributed by atoms with Gasteiger partial charge in [0, 0.05) is 5.33 Å². The Morgan fingerprint density at radius 2 is 2.23 bits per heavy atom. The van der Waals surface area contributed by atoms with Crippen LogP contribution in [0.4, 0.5) is 4.39 Å². The van der Waals surface area contributed by atoms with E-state index >= 15 is 0 Å². The molecule has 0 aliphatic carbocycles. The van der Waals surface area contributed by atoms with Crippen molar-refractivity contribution < 1.29 is 14.3 Å². The first-order valence-electron chi connectivity index (χ1n) is 3.68. The van der Waals surface area contributed by atoms with Crippen LogP contribution in [0.1, 0.15) is 11.1 Å². The molecule has 1 rings (SSSR count). The van der Waals surface area contributed by atoms with Crippen LogP contribution < -0.4 is 0 Å². The normalized spacial score (nSPS) is 10.0. The van der Waals surface area contributed by atoms with Crippen LogP contribution in [0.5, 0.6) is 0 Å². The molecule has 0 fully saturated rings. The maximum Gasteiger partial charge on any atom is 0.307 e. The number of rotatable bonds is 3. The molecule has 1 aromatic rings. The highest BCUT2D eigenvalue weighted by Gasteiger charge is 2.04. The molecule has 0 saturated carbocycles. The molecule has 1 aromatic carbocycles. The first-order valence-corrected chi connectivity index (χ1v) is 4.80. The van der Waals surface area contributed by atoms with E-state index in [2.05, 4.69) is 15.9 Å². The van der Waals surface area contributed by atoms with Crippen LogP contribution in [-0.2, 0) is 16.5 Å². The van der Waals surface area contributed by atoms with Gasteiger partial charge >= 0.3 is 5.97 Å². The largest absolute Gasteiger partial charge is 0.481 e. The van der Waals surface area contributed by atoms with Crippen molar-refractivity contribution in [3.63, 3.8) is 0 Å². The standard InChI is InChI=1S/C9H8BrFO2/c10-5-7-3-6(4-9(12)13)1-2-8(7)11/h1-3H,4-5H2,(H,12,13). The Morgan fingerprint density at radius 3 is 2.77 bits per heavy atom. The summed E-state index contributed by atoms with van der Waals surface area (Å²) in [5.41, 5.74) is 1.10. The SMILES string of the molecule is O=C(O)Cc1ccc(F)c(CBr)c1. The first kappa shape index (κ1) is 10.2. The van der Waals surface area contributed by atoms with Gasteiger partial charge < -0.3 is 5.11 Å². The fraction of sp³-hybridized carbons (Fsp3) is 0.222. The molecule has 0 amide bonds. The minimum absolute atomic E-state index is 0.0692. The highest BCUT2D eigenvalue weighted by Crippen LogP contribution is 2.14. The van der Waals surface area contributed by atoms with E-state index in [0.717, 1.165) is 0 Å². The molecule has 1 N–H and O–H groups in total. The highest BCUT2D eigenvalue weighted by molar-refractivity contribution is 9.08. The van der Waals surface area contributed by atoms with Gasteiger partial charge in [-0.3, -0.25) is 4.79 Å². The Hall–Kier alpha value is -0.900. The molecule has 0 spiro atoms. The summed E-state index contributed by atoms with van der Waals surface area (Å²) in [6.07, 6.45) is -0.0692. The maximum atomic E-state index is 12.9. The van der Waals surface area contributed by atoms with Crippen molar-refractivity contribution in [3.05, 3.63) is 35.1 Å². The molecule has 13 heavy (non-hydrogen) atoms. The lowest BCUT2D eigenvalue weighted by Gasteiger charge is -2.01. The third-order valence-corrected chi connectivity index (χ3v) is 2.21. The molecular weight excluding hydrogens is 239 g/mol. The summed E-state index contributed by atoms with van der Waals surface area (Å²) in [5.74, 6) is -1.22. The number of hydrogen-bond acceptors (Lipinski definition) is 1. The number of halogens is 2. The Kier molecular flexibility index (Phi) is 3.42. The van der Waals surface area contributed by atoms with Gasteiger partial charge in [0.1, 0.15) is 5.82 Å². The Morgan fingerprint density at radius 1 is 1.54 bits per heavy atom. The number of hydrogen-bond donors (Lipinski definition) is 1. The molecule has 0 aliphatic rings. The van der Waals surface area contributed by atoms with Gasteiger partial charge in [-0.1, -0.05) is 28.1 Å². The fourth-order valence-corrected chi connectivity index (χ4v) is 1.44. The third kappa shape index (κ3) is 2.81. The second kappa shape index (κ2) is 4.37. The van der Waals surface area contributed by atoms with Crippen molar-refractivity contribution in [2.24, 2.45) is 0 Å². The molecule has 0 heterocycles. The molecule has 0 bridgehead atoms. The summed E-state index contributed by atoms with van der Waals surface area (Å²) in [5, 5.41) is 8.89. The van der Waals surface area contributed by atoms with Gasteiger partial charge in [0.2, 0.25) is 0 Å². The summed E-state index contributed by atoms with van der Waals surface area (Å²) in [4.78, 5) is 10.3. The average Bonchev–Trinajstić information content (AvgIpc) is 2.07. The summed E-state index contributed by atoms with van der Waals surface area (Å²) in [7, 11) is 0. The first-order chi connectivity index (χ1) is 6.13. The van der Waals surface area contributed by atoms with Gasteiger partial charge in [-0.05, 0) is 17.2 Å². The number of benzene rings is 1. The zero-order valence-corrected chi connectivity index (χ0v) is 8.34. The van der Waals surface area contributed by atoms with Gasteiger partial charge in [0.05, 0.1) is 6.42 Å². The lowest BCUT2D eigenvalue weighted by molar-refractivity contribution is -0.136. The van der Waals surface area contributed by atoms with E-state index < -0.39 is 5.97 Å². The fourth-order valence-electron chi connectivity index (χ4n) is 1.02. The average molecular weight is 247 g/mol. The van der Waals surface area contributed by atoms with Crippen molar-refractivity contribution in [3.8, 4) is 0 Å². The van der Waals surface area contributed by atoms with E-state index in [-0.39, 0.29) is 12.2 Å². The van der Waals surface area contributed by atoms with Crippen molar-refractivity contribution >= 4 is 21.9 Å². The van der Waals surface area contributed by atoms with E-state index in [1.165, 1.54) is 12.1 Å². The molecule has 4 heteroatoms. The predicted molar refractivity (Wildman–Crippen MR) is 50.4 cm³/mol. The van der Waals surface area contributed by atoms with E-state index in [4.69, 9.17) is 5.11 Å². The van der Waals surface area contributed by atoms with Crippen molar-refractivity contribution in [2.45, 2.75) is 11.8 Å². The smallest absolute Gasteiger partial charge is 0.307 e. The molecule has 0 atom stereocenters.